The highest BCUT2D eigenvalue weighted by Crippen LogP contribution is 2.65. The van der Waals surface area contributed by atoms with E-state index in [-0.39, 0.29) is 0 Å². The predicted molar refractivity (Wildman–Crippen MR) is 55.2 cm³/mol. The molecule has 0 spiro atoms. The average molecular weight is 210 g/mol. The molecule has 12 heavy (non-hydrogen) atoms. The summed E-state index contributed by atoms with van der Waals surface area (Å²) in [7, 11) is -1.99. The quantitative estimate of drug-likeness (QED) is 0.553. The maximum atomic E-state index is 5.50. The van der Waals surface area contributed by atoms with Gasteiger partial charge in [0, 0.05) is 6.04 Å². The third-order valence-corrected chi connectivity index (χ3v) is 4.67. The van der Waals surface area contributed by atoms with Gasteiger partial charge >= 0.3 is 0 Å². The standard InChI is InChI=1S/C7H17NO2PS/c1-4-9-11(12)8-7(5-10-11)6(2)3/h6-8,12H,4-5H2,1-3H3. The summed E-state index contributed by atoms with van der Waals surface area (Å²) in [6.07, 6.45) is 0. The van der Waals surface area contributed by atoms with Crippen molar-refractivity contribution in [1.82, 2.24) is 5.09 Å². The van der Waals surface area contributed by atoms with Crippen LogP contribution in [-0.4, -0.2) is 19.3 Å². The van der Waals surface area contributed by atoms with E-state index < -0.39 is 7.07 Å². The zero-order valence-electron chi connectivity index (χ0n) is 7.78. The van der Waals surface area contributed by atoms with Gasteiger partial charge in [-0.15, -0.1) is 0 Å². The monoisotopic (exact) mass is 210 g/mol. The van der Waals surface area contributed by atoms with E-state index in [0.29, 0.717) is 18.6 Å². The minimum absolute atomic E-state index is 0.391. The Kier molecular flexibility index (Phi) is 3.80. The molecule has 0 aliphatic carbocycles. The zero-order chi connectivity index (χ0) is 9.19. The summed E-state index contributed by atoms with van der Waals surface area (Å²) in [5, 5.41) is 3.30. The molecule has 1 heterocycles. The molecular formula is C7H17NO2PS. The number of rotatable bonds is 3. The van der Waals surface area contributed by atoms with Crippen LogP contribution in [0.3, 0.4) is 0 Å². The Morgan fingerprint density at radius 1 is 1.75 bits per heavy atom. The van der Waals surface area contributed by atoms with Crippen molar-refractivity contribution in [2.24, 2.45) is 5.92 Å². The highest BCUT2D eigenvalue weighted by atomic mass is 32.7. The van der Waals surface area contributed by atoms with Gasteiger partial charge in [0.15, 0.2) is 0 Å². The summed E-state index contributed by atoms with van der Waals surface area (Å²) in [6.45, 7) is 7.64. The maximum Gasteiger partial charge on any atom is 0.226 e. The molecule has 0 bridgehead atoms. The molecule has 1 aliphatic heterocycles. The minimum Gasteiger partial charge on any atom is -0.322 e. The highest BCUT2D eigenvalue weighted by Gasteiger charge is 2.37. The van der Waals surface area contributed by atoms with Crippen molar-refractivity contribution in [1.29, 1.82) is 0 Å². The van der Waals surface area contributed by atoms with Gasteiger partial charge in [0.05, 0.1) is 13.2 Å². The van der Waals surface area contributed by atoms with Gasteiger partial charge in [-0.1, -0.05) is 26.1 Å². The summed E-state index contributed by atoms with van der Waals surface area (Å²) in [4.78, 5) is 0. The molecule has 0 aromatic heterocycles. The lowest BCUT2D eigenvalue weighted by Gasteiger charge is -2.24. The van der Waals surface area contributed by atoms with Gasteiger partial charge in [0.25, 0.3) is 0 Å². The van der Waals surface area contributed by atoms with E-state index >= 15 is 0 Å². The van der Waals surface area contributed by atoms with Crippen LogP contribution >= 0.6 is 19.3 Å². The molecule has 2 unspecified atom stereocenters. The van der Waals surface area contributed by atoms with Crippen LogP contribution in [0.25, 0.3) is 0 Å². The van der Waals surface area contributed by atoms with Crippen molar-refractivity contribution < 1.29 is 9.05 Å². The molecule has 1 fully saturated rings. The second-order valence-electron chi connectivity index (χ2n) is 3.21. The van der Waals surface area contributed by atoms with Crippen LogP contribution in [0.15, 0.2) is 0 Å². The first-order valence-corrected chi connectivity index (χ1v) is 7.04. The van der Waals surface area contributed by atoms with E-state index in [0.717, 1.165) is 6.61 Å². The fourth-order valence-electron chi connectivity index (χ4n) is 1.06. The largest absolute Gasteiger partial charge is 0.322 e. The summed E-state index contributed by atoms with van der Waals surface area (Å²) >= 11 is 4.37. The highest BCUT2D eigenvalue weighted by molar-refractivity contribution is 8.48. The van der Waals surface area contributed by atoms with E-state index in [2.05, 4.69) is 31.2 Å². The van der Waals surface area contributed by atoms with Crippen LogP contribution in [0.5, 0.6) is 0 Å². The topological polar surface area (TPSA) is 30.5 Å². The Labute approximate surface area is 79.9 Å². The van der Waals surface area contributed by atoms with Gasteiger partial charge in [0.1, 0.15) is 0 Å². The lowest BCUT2D eigenvalue weighted by atomic mass is 10.1. The van der Waals surface area contributed by atoms with Crippen LogP contribution < -0.4 is 5.09 Å². The third kappa shape index (κ3) is 2.57. The maximum absolute atomic E-state index is 5.50. The lowest BCUT2D eigenvalue weighted by Crippen LogP contribution is -2.28. The second kappa shape index (κ2) is 4.25. The van der Waals surface area contributed by atoms with Crippen LogP contribution in [0.1, 0.15) is 20.8 Å². The van der Waals surface area contributed by atoms with Crippen molar-refractivity contribution in [2.75, 3.05) is 13.2 Å². The van der Waals surface area contributed by atoms with Gasteiger partial charge in [-0.3, -0.25) is 0 Å². The molecule has 2 atom stereocenters. The third-order valence-electron chi connectivity index (χ3n) is 1.87. The first kappa shape index (κ1) is 10.7. The molecule has 0 amide bonds. The lowest BCUT2D eigenvalue weighted by molar-refractivity contribution is 0.268. The molecule has 73 valence electrons. The van der Waals surface area contributed by atoms with E-state index in [1.165, 1.54) is 0 Å². The van der Waals surface area contributed by atoms with Gasteiger partial charge in [-0.2, -0.15) is 0 Å². The predicted octanol–water partition coefficient (Wildman–Crippen LogP) is 2.27. The molecule has 1 radical (unpaired) electrons. The fraction of sp³-hybridized carbons (Fsp3) is 1.00. The van der Waals surface area contributed by atoms with Crippen molar-refractivity contribution in [3.05, 3.63) is 0 Å². The number of nitrogens with one attached hydrogen (secondary N) is 1. The molecule has 5 heteroatoms. The van der Waals surface area contributed by atoms with Crippen molar-refractivity contribution >= 4 is 19.3 Å². The first-order valence-electron chi connectivity index (χ1n) is 4.26. The SMILES string of the molecule is CCO[P]1(S)NC(C(C)C)CO1. The Balaban J connectivity index is 2.43. The average Bonchev–Trinajstić information content (AvgIpc) is 2.33. The van der Waals surface area contributed by atoms with E-state index in [1.807, 2.05) is 6.92 Å². The van der Waals surface area contributed by atoms with Crippen LogP contribution in [0.2, 0.25) is 0 Å². The minimum atomic E-state index is -1.99. The van der Waals surface area contributed by atoms with E-state index in [1.54, 1.807) is 0 Å². The number of hydrogen-bond donors (Lipinski definition) is 2. The second-order valence-corrected chi connectivity index (χ2v) is 6.61. The van der Waals surface area contributed by atoms with Gasteiger partial charge in [-0.25, -0.2) is 5.09 Å². The van der Waals surface area contributed by atoms with Crippen LogP contribution in [0, 0.1) is 5.92 Å². The number of hydrogen-bond acceptors (Lipinski definition) is 4. The van der Waals surface area contributed by atoms with Crippen molar-refractivity contribution in [3.63, 3.8) is 0 Å². The Hall–Kier alpha value is 0.660. The zero-order valence-corrected chi connectivity index (χ0v) is 9.57. The Morgan fingerprint density at radius 2 is 2.42 bits per heavy atom. The summed E-state index contributed by atoms with van der Waals surface area (Å²) in [5.74, 6) is 0.569. The Bertz CT molecular complexity index is 158. The molecular weight excluding hydrogens is 193 g/mol. The Morgan fingerprint density at radius 3 is 2.83 bits per heavy atom. The van der Waals surface area contributed by atoms with E-state index in [9.17, 15) is 0 Å². The number of thiol groups is 1. The smallest absolute Gasteiger partial charge is 0.226 e. The molecule has 0 saturated carbocycles. The van der Waals surface area contributed by atoms with Crippen molar-refractivity contribution in [2.45, 2.75) is 26.8 Å². The summed E-state index contributed by atoms with van der Waals surface area (Å²) < 4.78 is 10.9. The molecule has 0 aromatic carbocycles. The summed E-state index contributed by atoms with van der Waals surface area (Å²) in [6, 6.07) is 0.391. The van der Waals surface area contributed by atoms with Gasteiger partial charge < -0.3 is 9.05 Å². The summed E-state index contributed by atoms with van der Waals surface area (Å²) in [5.41, 5.74) is 0. The van der Waals surface area contributed by atoms with Crippen LogP contribution in [-0.2, 0) is 9.05 Å². The molecule has 1 rings (SSSR count). The molecule has 1 aliphatic rings. The van der Waals surface area contributed by atoms with Gasteiger partial charge in [-0.05, 0) is 12.8 Å². The van der Waals surface area contributed by atoms with Crippen LogP contribution in [0.4, 0.5) is 0 Å². The molecule has 1 N–H and O–H groups in total. The fourth-order valence-corrected chi connectivity index (χ4v) is 3.78. The van der Waals surface area contributed by atoms with Gasteiger partial charge in [0.2, 0.25) is 7.07 Å². The normalized spacial score (nSPS) is 36.2. The van der Waals surface area contributed by atoms with E-state index in [4.69, 9.17) is 9.05 Å². The first-order chi connectivity index (χ1) is 5.57. The molecule has 3 nitrogen and oxygen atoms in total. The molecule has 1 saturated heterocycles. The molecule has 0 aromatic rings. The van der Waals surface area contributed by atoms with Crippen molar-refractivity contribution in [3.8, 4) is 0 Å².